The van der Waals surface area contributed by atoms with Crippen molar-refractivity contribution in [3.63, 3.8) is 0 Å². The zero-order valence-electron chi connectivity index (χ0n) is 15.6. The van der Waals surface area contributed by atoms with E-state index in [1.165, 1.54) is 5.69 Å². The van der Waals surface area contributed by atoms with E-state index in [-0.39, 0.29) is 0 Å². The number of para-hydroxylation sites is 1. The number of piperazine rings is 1. The second-order valence-electron chi connectivity index (χ2n) is 6.72. The lowest BCUT2D eigenvalue weighted by molar-refractivity contribution is 0.259. The Bertz CT molecular complexity index is 879. The minimum Gasteiger partial charge on any atom is -0.369 e. The highest BCUT2D eigenvalue weighted by Gasteiger charge is 2.17. The van der Waals surface area contributed by atoms with Gasteiger partial charge in [0.05, 0.1) is 5.69 Å². The summed E-state index contributed by atoms with van der Waals surface area (Å²) in [5.41, 5.74) is 2.21. The second-order valence-corrected chi connectivity index (χ2v) is 8.22. The van der Waals surface area contributed by atoms with Crippen LogP contribution in [0, 0.1) is 0 Å². The van der Waals surface area contributed by atoms with Crippen molar-refractivity contribution in [2.24, 2.45) is 0 Å². The van der Waals surface area contributed by atoms with Crippen molar-refractivity contribution in [1.82, 2.24) is 25.1 Å². The summed E-state index contributed by atoms with van der Waals surface area (Å²) >= 11 is 7.83. The average Bonchev–Trinajstić information content (AvgIpc) is 3.21. The molecule has 2 heterocycles. The van der Waals surface area contributed by atoms with E-state index in [0.717, 1.165) is 60.8 Å². The number of nitrogens with zero attached hydrogens (tertiary/aromatic N) is 6. The summed E-state index contributed by atoms with van der Waals surface area (Å²) in [5.74, 6) is 1.00. The Morgan fingerprint density at radius 2 is 1.71 bits per heavy atom. The summed E-state index contributed by atoms with van der Waals surface area (Å²) < 4.78 is 1.80. The first-order valence-corrected chi connectivity index (χ1v) is 10.9. The number of hydrogen-bond donors (Lipinski definition) is 0. The Labute approximate surface area is 174 Å². The molecule has 1 aliphatic rings. The third-order valence-corrected chi connectivity index (χ3v) is 6.08. The number of aromatic nitrogens is 4. The zero-order valence-corrected chi connectivity index (χ0v) is 17.2. The van der Waals surface area contributed by atoms with Crippen LogP contribution < -0.4 is 4.90 Å². The van der Waals surface area contributed by atoms with E-state index in [9.17, 15) is 0 Å². The number of halogens is 1. The summed E-state index contributed by atoms with van der Waals surface area (Å²) in [4.78, 5) is 4.94. The van der Waals surface area contributed by atoms with Gasteiger partial charge in [-0.1, -0.05) is 47.6 Å². The van der Waals surface area contributed by atoms with E-state index in [1.54, 1.807) is 16.4 Å². The predicted molar refractivity (Wildman–Crippen MR) is 115 cm³/mol. The Balaban J connectivity index is 1.21. The van der Waals surface area contributed by atoms with Gasteiger partial charge in [0.25, 0.3) is 0 Å². The lowest BCUT2D eigenvalue weighted by Crippen LogP contribution is -2.46. The molecule has 0 radical (unpaired) electrons. The highest BCUT2D eigenvalue weighted by molar-refractivity contribution is 7.99. The number of rotatable bonds is 7. The monoisotopic (exact) mass is 414 g/mol. The maximum atomic E-state index is 6.11. The van der Waals surface area contributed by atoms with Crippen molar-refractivity contribution in [3.05, 3.63) is 59.6 Å². The molecule has 6 nitrogen and oxygen atoms in total. The molecule has 1 fully saturated rings. The minimum atomic E-state index is 0.801. The van der Waals surface area contributed by atoms with E-state index >= 15 is 0 Å². The van der Waals surface area contributed by atoms with Gasteiger partial charge < -0.3 is 4.90 Å². The van der Waals surface area contributed by atoms with Gasteiger partial charge in [0, 0.05) is 42.6 Å². The number of anilines is 1. The molecule has 1 aromatic heterocycles. The highest BCUT2D eigenvalue weighted by Crippen LogP contribution is 2.22. The molecule has 0 atom stereocenters. The average molecular weight is 415 g/mol. The van der Waals surface area contributed by atoms with Crippen LogP contribution in [0.2, 0.25) is 5.02 Å². The molecule has 4 rings (SSSR count). The molecule has 146 valence electrons. The smallest absolute Gasteiger partial charge is 0.214 e. The molecule has 0 unspecified atom stereocenters. The van der Waals surface area contributed by atoms with Crippen LogP contribution in [-0.2, 0) is 0 Å². The van der Waals surface area contributed by atoms with Crippen LogP contribution in [0.15, 0.2) is 59.8 Å². The molecule has 3 aromatic rings. The molecule has 28 heavy (non-hydrogen) atoms. The third kappa shape index (κ3) is 4.84. The Morgan fingerprint density at radius 1 is 0.929 bits per heavy atom. The van der Waals surface area contributed by atoms with Crippen molar-refractivity contribution in [2.75, 3.05) is 43.4 Å². The molecular weight excluding hydrogens is 392 g/mol. The lowest BCUT2D eigenvalue weighted by Gasteiger charge is -2.36. The first-order valence-electron chi connectivity index (χ1n) is 9.49. The summed E-state index contributed by atoms with van der Waals surface area (Å²) in [5, 5.41) is 13.7. The normalized spacial score (nSPS) is 15.1. The topological polar surface area (TPSA) is 50.1 Å². The van der Waals surface area contributed by atoms with Gasteiger partial charge in [0.15, 0.2) is 0 Å². The van der Waals surface area contributed by atoms with E-state index in [4.69, 9.17) is 11.6 Å². The van der Waals surface area contributed by atoms with E-state index < -0.39 is 0 Å². The first-order chi connectivity index (χ1) is 13.8. The summed E-state index contributed by atoms with van der Waals surface area (Å²) in [7, 11) is 0. The molecule has 2 aromatic carbocycles. The fraction of sp³-hybridized carbons (Fsp3) is 0.350. The Kier molecular flexibility index (Phi) is 6.46. The van der Waals surface area contributed by atoms with Crippen LogP contribution in [0.25, 0.3) is 5.69 Å². The lowest BCUT2D eigenvalue weighted by atomic mass is 10.2. The van der Waals surface area contributed by atoms with Crippen molar-refractivity contribution in [1.29, 1.82) is 0 Å². The van der Waals surface area contributed by atoms with Crippen molar-refractivity contribution in [3.8, 4) is 5.69 Å². The minimum absolute atomic E-state index is 0.801. The maximum Gasteiger partial charge on any atom is 0.214 e. The summed E-state index contributed by atoms with van der Waals surface area (Å²) in [6, 6.07) is 18.1. The number of thioether (sulfide) groups is 1. The molecule has 1 aliphatic heterocycles. The van der Waals surface area contributed by atoms with Crippen LogP contribution in [0.3, 0.4) is 0 Å². The van der Waals surface area contributed by atoms with Crippen LogP contribution in [0.5, 0.6) is 0 Å². The number of tetrazole rings is 1. The summed E-state index contributed by atoms with van der Waals surface area (Å²) in [6.07, 6.45) is 1.11. The van der Waals surface area contributed by atoms with Crippen LogP contribution in [0.1, 0.15) is 6.42 Å². The fourth-order valence-corrected chi connectivity index (χ4v) is 4.35. The van der Waals surface area contributed by atoms with E-state index in [1.807, 2.05) is 48.5 Å². The van der Waals surface area contributed by atoms with Gasteiger partial charge in [-0.3, -0.25) is 4.90 Å². The molecule has 0 spiro atoms. The SMILES string of the molecule is Clc1cccc(N2CCN(CCCSc3nnnn3-c3ccccc3)CC2)c1. The molecule has 0 aliphatic carbocycles. The first kappa shape index (κ1) is 19.2. The standard InChI is InChI=1S/C20H23ClN6S/c21-17-6-4-9-19(16-17)26-13-11-25(12-14-26)10-5-15-28-20-22-23-24-27(20)18-7-2-1-3-8-18/h1-4,6-9,16H,5,10-15H2. The van der Waals surface area contributed by atoms with E-state index in [0.29, 0.717) is 0 Å². The van der Waals surface area contributed by atoms with Crippen molar-refractivity contribution in [2.45, 2.75) is 11.6 Å². The largest absolute Gasteiger partial charge is 0.369 e. The Hall–Kier alpha value is -2.09. The van der Waals surface area contributed by atoms with Crippen LogP contribution in [0.4, 0.5) is 5.69 Å². The van der Waals surface area contributed by atoms with Gasteiger partial charge in [-0.25, -0.2) is 0 Å². The van der Waals surface area contributed by atoms with Gasteiger partial charge in [0.2, 0.25) is 5.16 Å². The van der Waals surface area contributed by atoms with Gasteiger partial charge in [-0.05, 0) is 53.7 Å². The molecule has 0 saturated carbocycles. The molecular formula is C20H23ClN6S. The van der Waals surface area contributed by atoms with Gasteiger partial charge in [0.1, 0.15) is 0 Å². The third-order valence-electron chi connectivity index (χ3n) is 4.84. The quantitative estimate of drug-likeness (QED) is 0.434. The van der Waals surface area contributed by atoms with Crippen LogP contribution in [-0.4, -0.2) is 63.6 Å². The van der Waals surface area contributed by atoms with Crippen molar-refractivity contribution < 1.29 is 0 Å². The predicted octanol–water partition coefficient (Wildman–Crippen LogP) is 3.62. The second kappa shape index (κ2) is 9.41. The van der Waals surface area contributed by atoms with Gasteiger partial charge >= 0.3 is 0 Å². The molecule has 1 saturated heterocycles. The molecule has 0 bridgehead atoms. The maximum absolute atomic E-state index is 6.11. The van der Waals surface area contributed by atoms with E-state index in [2.05, 4.69) is 31.4 Å². The zero-order chi connectivity index (χ0) is 19.2. The molecule has 0 amide bonds. The number of benzene rings is 2. The Morgan fingerprint density at radius 3 is 2.50 bits per heavy atom. The number of hydrogen-bond acceptors (Lipinski definition) is 6. The van der Waals surface area contributed by atoms with Crippen molar-refractivity contribution >= 4 is 29.1 Å². The molecule has 8 heteroatoms. The molecule has 0 N–H and O–H groups in total. The fourth-order valence-electron chi connectivity index (χ4n) is 3.35. The van der Waals surface area contributed by atoms with Crippen LogP contribution >= 0.6 is 23.4 Å². The van der Waals surface area contributed by atoms with Gasteiger partial charge in [-0.15, -0.1) is 5.10 Å². The summed E-state index contributed by atoms with van der Waals surface area (Å²) in [6.45, 7) is 5.35. The van der Waals surface area contributed by atoms with Gasteiger partial charge in [-0.2, -0.15) is 4.68 Å². The highest BCUT2D eigenvalue weighted by atomic mass is 35.5.